The van der Waals surface area contributed by atoms with Crippen molar-refractivity contribution in [3.63, 3.8) is 0 Å². The van der Waals surface area contributed by atoms with Crippen LogP contribution in [0.5, 0.6) is 0 Å². The van der Waals surface area contributed by atoms with Crippen LogP contribution in [0.1, 0.15) is 0 Å². The Labute approximate surface area is 56.1 Å². The van der Waals surface area contributed by atoms with Gasteiger partial charge in [-0.3, -0.25) is 0 Å². The van der Waals surface area contributed by atoms with Crippen molar-refractivity contribution in [2.75, 3.05) is 6.54 Å². The molecule has 0 radical (unpaired) electrons. The van der Waals surface area contributed by atoms with Crippen LogP contribution in [-0.2, 0) is 4.74 Å². The number of carbonyl (C=O) groups is 1. The highest BCUT2D eigenvalue weighted by molar-refractivity contribution is 5.64. The van der Waals surface area contributed by atoms with Gasteiger partial charge in [-0.25, -0.2) is 13.6 Å². The standard InChI is InChI=1S/C4H8F2N2O2/c5-3(6)2(1-7)10-4(8)9/h2-3H,1,7H2,(H2,8,9). The average molecular weight is 154 g/mol. The SMILES string of the molecule is NCC(OC(N)=O)C(F)F. The summed E-state index contributed by atoms with van der Waals surface area (Å²) in [6.07, 6.45) is -5.61. The second kappa shape index (κ2) is 3.99. The molecule has 0 aliphatic rings. The molecular formula is C4H8F2N2O2. The number of hydrogen-bond donors (Lipinski definition) is 2. The predicted molar refractivity (Wildman–Crippen MR) is 29.5 cm³/mol. The van der Waals surface area contributed by atoms with Crippen LogP contribution >= 0.6 is 0 Å². The van der Waals surface area contributed by atoms with E-state index in [0.717, 1.165) is 0 Å². The Kier molecular flexibility index (Phi) is 3.63. The maximum Gasteiger partial charge on any atom is 0.405 e. The van der Waals surface area contributed by atoms with Gasteiger partial charge >= 0.3 is 6.09 Å². The number of carbonyl (C=O) groups excluding carboxylic acids is 1. The van der Waals surface area contributed by atoms with E-state index in [0.29, 0.717) is 0 Å². The number of ether oxygens (including phenoxy) is 1. The van der Waals surface area contributed by atoms with Gasteiger partial charge in [-0.1, -0.05) is 0 Å². The molecule has 6 heteroatoms. The number of primary amides is 1. The quantitative estimate of drug-likeness (QED) is 0.584. The number of nitrogens with two attached hydrogens (primary N) is 2. The second-order valence-electron chi connectivity index (χ2n) is 1.55. The van der Waals surface area contributed by atoms with E-state index in [1.54, 1.807) is 0 Å². The molecule has 4 nitrogen and oxygen atoms in total. The normalized spacial score (nSPS) is 13.2. The highest BCUT2D eigenvalue weighted by Gasteiger charge is 2.21. The molecule has 1 unspecified atom stereocenters. The number of halogens is 2. The third-order valence-corrected chi connectivity index (χ3v) is 0.781. The topological polar surface area (TPSA) is 78.3 Å². The fourth-order valence-corrected chi connectivity index (χ4v) is 0.352. The lowest BCUT2D eigenvalue weighted by atomic mass is 10.4. The van der Waals surface area contributed by atoms with Crippen molar-refractivity contribution in [1.29, 1.82) is 0 Å². The van der Waals surface area contributed by atoms with E-state index in [1.807, 2.05) is 0 Å². The van der Waals surface area contributed by atoms with Gasteiger partial charge in [0.05, 0.1) is 0 Å². The fourth-order valence-electron chi connectivity index (χ4n) is 0.352. The first-order valence-electron chi connectivity index (χ1n) is 2.52. The Hall–Kier alpha value is -0.910. The number of alkyl halides is 2. The van der Waals surface area contributed by atoms with Crippen molar-refractivity contribution in [2.24, 2.45) is 11.5 Å². The van der Waals surface area contributed by atoms with Crippen LogP contribution in [0.3, 0.4) is 0 Å². The lowest BCUT2D eigenvalue weighted by molar-refractivity contribution is -0.00907. The Balaban J connectivity index is 3.71. The molecule has 60 valence electrons. The summed E-state index contributed by atoms with van der Waals surface area (Å²) in [6, 6.07) is 0. The number of amides is 1. The largest absolute Gasteiger partial charge is 0.439 e. The minimum absolute atomic E-state index is 0.430. The van der Waals surface area contributed by atoms with Gasteiger partial charge in [-0.15, -0.1) is 0 Å². The van der Waals surface area contributed by atoms with Crippen LogP contribution in [0, 0.1) is 0 Å². The molecule has 0 aliphatic carbocycles. The molecule has 0 bridgehead atoms. The molecule has 0 aromatic heterocycles. The predicted octanol–water partition coefficient (Wildman–Crippen LogP) is -0.326. The Bertz CT molecular complexity index is 120. The third kappa shape index (κ3) is 3.18. The zero-order chi connectivity index (χ0) is 8.15. The maximum absolute atomic E-state index is 11.6. The van der Waals surface area contributed by atoms with Crippen molar-refractivity contribution >= 4 is 6.09 Å². The molecule has 0 aromatic carbocycles. The first-order valence-corrected chi connectivity index (χ1v) is 2.52. The molecule has 4 N–H and O–H groups in total. The zero-order valence-corrected chi connectivity index (χ0v) is 5.09. The van der Waals surface area contributed by atoms with Crippen LogP contribution in [-0.4, -0.2) is 25.2 Å². The summed E-state index contributed by atoms with van der Waals surface area (Å²) in [5.41, 5.74) is 9.27. The van der Waals surface area contributed by atoms with Crippen LogP contribution in [0.4, 0.5) is 13.6 Å². The van der Waals surface area contributed by atoms with Gasteiger partial charge in [0.1, 0.15) is 0 Å². The van der Waals surface area contributed by atoms with Gasteiger partial charge < -0.3 is 16.2 Å². The highest BCUT2D eigenvalue weighted by Crippen LogP contribution is 2.03. The van der Waals surface area contributed by atoms with Crippen molar-refractivity contribution in [3.05, 3.63) is 0 Å². The van der Waals surface area contributed by atoms with E-state index >= 15 is 0 Å². The summed E-state index contributed by atoms with van der Waals surface area (Å²) in [4.78, 5) is 9.88. The Morgan fingerprint density at radius 3 is 2.20 bits per heavy atom. The van der Waals surface area contributed by atoms with Crippen LogP contribution in [0.15, 0.2) is 0 Å². The molecule has 0 aromatic rings. The van der Waals surface area contributed by atoms with E-state index in [1.165, 1.54) is 0 Å². The molecular weight excluding hydrogens is 146 g/mol. The van der Waals surface area contributed by atoms with E-state index < -0.39 is 25.2 Å². The summed E-state index contributed by atoms with van der Waals surface area (Å²) in [6.45, 7) is -0.430. The summed E-state index contributed by atoms with van der Waals surface area (Å²) in [5, 5.41) is 0. The zero-order valence-electron chi connectivity index (χ0n) is 5.09. The van der Waals surface area contributed by atoms with Crippen LogP contribution < -0.4 is 11.5 Å². The Morgan fingerprint density at radius 1 is 1.60 bits per heavy atom. The van der Waals surface area contributed by atoms with Gasteiger partial charge in [0.2, 0.25) is 0 Å². The molecule has 0 aliphatic heterocycles. The minimum atomic E-state index is -2.78. The first kappa shape index (κ1) is 9.09. The lowest BCUT2D eigenvalue weighted by Crippen LogP contribution is -2.34. The molecule has 1 amide bonds. The van der Waals surface area contributed by atoms with E-state index in [9.17, 15) is 13.6 Å². The van der Waals surface area contributed by atoms with Gasteiger partial charge in [-0.05, 0) is 0 Å². The van der Waals surface area contributed by atoms with Gasteiger partial charge in [0.25, 0.3) is 6.43 Å². The molecule has 0 saturated carbocycles. The maximum atomic E-state index is 11.6. The second-order valence-corrected chi connectivity index (χ2v) is 1.55. The monoisotopic (exact) mass is 154 g/mol. The first-order chi connectivity index (χ1) is 4.57. The Morgan fingerprint density at radius 2 is 2.10 bits per heavy atom. The molecule has 0 spiro atoms. The van der Waals surface area contributed by atoms with Crippen molar-refractivity contribution in [3.8, 4) is 0 Å². The van der Waals surface area contributed by atoms with E-state index in [2.05, 4.69) is 10.5 Å². The lowest BCUT2D eigenvalue weighted by Gasteiger charge is -2.11. The van der Waals surface area contributed by atoms with Crippen molar-refractivity contribution < 1.29 is 18.3 Å². The van der Waals surface area contributed by atoms with Gasteiger partial charge in [0, 0.05) is 6.54 Å². The van der Waals surface area contributed by atoms with Crippen molar-refractivity contribution in [1.82, 2.24) is 0 Å². The summed E-state index contributed by atoms with van der Waals surface area (Å²) in [7, 11) is 0. The minimum Gasteiger partial charge on any atom is -0.439 e. The van der Waals surface area contributed by atoms with Gasteiger partial charge in [-0.2, -0.15) is 0 Å². The smallest absolute Gasteiger partial charge is 0.405 e. The van der Waals surface area contributed by atoms with Crippen molar-refractivity contribution in [2.45, 2.75) is 12.5 Å². The van der Waals surface area contributed by atoms with Gasteiger partial charge in [0.15, 0.2) is 6.10 Å². The number of hydrogen-bond acceptors (Lipinski definition) is 3. The fraction of sp³-hybridized carbons (Fsp3) is 0.750. The third-order valence-electron chi connectivity index (χ3n) is 0.781. The summed E-state index contributed by atoms with van der Waals surface area (Å²) >= 11 is 0. The summed E-state index contributed by atoms with van der Waals surface area (Å²) < 4.78 is 27.2. The molecule has 0 rings (SSSR count). The average Bonchev–Trinajstić information content (AvgIpc) is 1.81. The molecule has 0 fully saturated rings. The van der Waals surface area contributed by atoms with Crippen LogP contribution in [0.2, 0.25) is 0 Å². The summed E-state index contributed by atoms with van der Waals surface area (Å²) in [5.74, 6) is 0. The molecule has 0 heterocycles. The highest BCUT2D eigenvalue weighted by atomic mass is 19.3. The van der Waals surface area contributed by atoms with Crippen LogP contribution in [0.25, 0.3) is 0 Å². The molecule has 0 saturated heterocycles. The van der Waals surface area contributed by atoms with E-state index in [-0.39, 0.29) is 0 Å². The molecule has 10 heavy (non-hydrogen) atoms. The number of rotatable bonds is 3. The van der Waals surface area contributed by atoms with E-state index in [4.69, 9.17) is 5.73 Å². The molecule has 1 atom stereocenters.